The quantitative estimate of drug-likeness (QED) is 0.315. The molecule has 4 aromatic rings. The van der Waals surface area contributed by atoms with Crippen molar-refractivity contribution >= 4 is 22.6 Å². The Morgan fingerprint density at radius 2 is 2.07 bits per heavy atom. The number of benzene rings is 2. The first kappa shape index (κ1) is 26.6. The van der Waals surface area contributed by atoms with Gasteiger partial charge < -0.3 is 19.1 Å². The predicted octanol–water partition coefficient (Wildman–Crippen LogP) is 4.80. The van der Waals surface area contributed by atoms with Crippen molar-refractivity contribution in [2.75, 3.05) is 19.7 Å². The molecule has 2 aliphatic rings. The van der Waals surface area contributed by atoms with Crippen LogP contribution < -0.4 is 4.74 Å². The smallest absolute Gasteiger partial charge is 0.335 e. The van der Waals surface area contributed by atoms with Crippen LogP contribution in [-0.4, -0.2) is 56.3 Å². The zero-order chi connectivity index (χ0) is 28.3. The first-order valence-corrected chi connectivity index (χ1v) is 13.5. The van der Waals surface area contributed by atoms with Crippen molar-refractivity contribution < 1.29 is 23.8 Å². The number of ether oxygens (including phenoxy) is 2. The van der Waals surface area contributed by atoms with Crippen molar-refractivity contribution in [2.45, 2.75) is 38.6 Å². The Kier molecular flexibility index (Phi) is 7.46. The topological polar surface area (TPSA) is 114 Å². The monoisotopic (exact) mass is 553 g/mol. The fourth-order valence-electron chi connectivity index (χ4n) is 5.11. The van der Waals surface area contributed by atoms with Crippen LogP contribution in [0.5, 0.6) is 5.88 Å². The maximum atomic E-state index is 14.2. The van der Waals surface area contributed by atoms with Crippen LogP contribution in [0.2, 0.25) is 0 Å². The molecule has 0 saturated carbocycles. The molecule has 9 nitrogen and oxygen atoms in total. The number of fused-ring (bicyclic) bond motifs is 1. The Labute approximate surface area is 236 Å². The van der Waals surface area contributed by atoms with Gasteiger partial charge in [0.1, 0.15) is 18.2 Å². The minimum Gasteiger partial charge on any atom is -0.478 e. The number of nitrogens with zero attached hydrogens (tertiary/aromatic N) is 5. The molecule has 1 unspecified atom stereocenters. The van der Waals surface area contributed by atoms with Gasteiger partial charge in [0.2, 0.25) is 5.88 Å². The number of nitriles is 1. The molecule has 10 heteroatoms. The number of imidazole rings is 1. The van der Waals surface area contributed by atoms with Crippen molar-refractivity contribution in [3.05, 3.63) is 94.7 Å². The standard InChI is InChI=1S/C31H28FN5O4/c32-25-14-20(16-33)4-5-23(25)19-41-30-3-1-2-26(35-30)21-8-11-36(12-9-21)18-29-34-27-7-6-22(31(38)39)15-28(27)37(29)17-24-10-13-40-24/h1-8,14-15,24H,9-13,17-19H2,(H,38,39). The molecule has 2 aliphatic heterocycles. The number of rotatable bonds is 9. The molecular formula is C31H28FN5O4. The number of carboxylic acid groups (broad SMARTS) is 1. The number of halogens is 1. The Balaban J connectivity index is 1.14. The lowest BCUT2D eigenvalue weighted by atomic mass is 10.0. The maximum absolute atomic E-state index is 14.2. The van der Waals surface area contributed by atoms with E-state index in [1.165, 1.54) is 6.07 Å². The van der Waals surface area contributed by atoms with E-state index in [-0.39, 0.29) is 23.8 Å². The fraction of sp³-hybridized carbons (Fsp3) is 0.290. The molecule has 1 saturated heterocycles. The highest BCUT2D eigenvalue weighted by atomic mass is 19.1. The van der Waals surface area contributed by atoms with Crippen molar-refractivity contribution in [1.29, 1.82) is 5.26 Å². The van der Waals surface area contributed by atoms with Gasteiger partial charge in [-0.2, -0.15) is 5.26 Å². The molecule has 1 atom stereocenters. The molecule has 2 aromatic heterocycles. The van der Waals surface area contributed by atoms with Crippen LogP contribution in [0.4, 0.5) is 4.39 Å². The summed E-state index contributed by atoms with van der Waals surface area (Å²) < 4.78 is 27.8. The van der Waals surface area contributed by atoms with Gasteiger partial charge in [0.15, 0.2) is 0 Å². The summed E-state index contributed by atoms with van der Waals surface area (Å²) in [5, 5.41) is 18.4. The van der Waals surface area contributed by atoms with Crippen molar-refractivity contribution in [2.24, 2.45) is 0 Å². The predicted molar refractivity (Wildman–Crippen MR) is 149 cm³/mol. The molecule has 2 aromatic carbocycles. The molecule has 6 rings (SSSR count). The molecular weight excluding hydrogens is 525 g/mol. The van der Waals surface area contributed by atoms with Gasteiger partial charge in [0, 0.05) is 31.3 Å². The summed E-state index contributed by atoms with van der Waals surface area (Å²) >= 11 is 0. The third kappa shape index (κ3) is 5.82. The number of carbonyl (C=O) groups is 1. The number of hydrogen-bond donors (Lipinski definition) is 1. The van der Waals surface area contributed by atoms with Crippen LogP contribution >= 0.6 is 0 Å². The average molecular weight is 554 g/mol. The third-order valence-electron chi connectivity index (χ3n) is 7.52. The third-order valence-corrected chi connectivity index (χ3v) is 7.52. The number of aromatic nitrogens is 3. The molecule has 0 spiro atoms. The molecule has 0 bridgehead atoms. The highest BCUT2D eigenvalue weighted by Gasteiger charge is 2.24. The van der Waals surface area contributed by atoms with Gasteiger partial charge in [0.25, 0.3) is 0 Å². The van der Waals surface area contributed by atoms with Gasteiger partial charge in [-0.05, 0) is 54.8 Å². The minimum absolute atomic E-state index is 0.0156. The summed E-state index contributed by atoms with van der Waals surface area (Å²) in [6, 6.07) is 16.8. The second kappa shape index (κ2) is 11.5. The summed E-state index contributed by atoms with van der Waals surface area (Å²) in [6.07, 6.45) is 4.03. The Morgan fingerprint density at radius 3 is 2.78 bits per heavy atom. The van der Waals surface area contributed by atoms with Gasteiger partial charge in [0.05, 0.1) is 53.1 Å². The van der Waals surface area contributed by atoms with E-state index in [0.29, 0.717) is 31.1 Å². The largest absolute Gasteiger partial charge is 0.478 e. The van der Waals surface area contributed by atoms with E-state index < -0.39 is 11.8 Å². The van der Waals surface area contributed by atoms with Crippen LogP contribution in [0.25, 0.3) is 16.6 Å². The Morgan fingerprint density at radius 1 is 1.20 bits per heavy atom. The molecule has 208 valence electrons. The highest BCUT2D eigenvalue weighted by Crippen LogP contribution is 2.26. The molecule has 1 fully saturated rings. The van der Waals surface area contributed by atoms with E-state index in [2.05, 4.69) is 20.5 Å². The van der Waals surface area contributed by atoms with Gasteiger partial charge in [-0.3, -0.25) is 4.90 Å². The summed E-state index contributed by atoms with van der Waals surface area (Å²) in [6.45, 7) is 3.55. The van der Waals surface area contributed by atoms with Gasteiger partial charge >= 0.3 is 5.97 Å². The Bertz CT molecular complexity index is 1690. The lowest BCUT2D eigenvalue weighted by molar-refractivity contribution is -0.0591. The van der Waals surface area contributed by atoms with Gasteiger partial charge in [-0.1, -0.05) is 18.2 Å². The molecule has 1 N–H and O–H groups in total. The number of pyridine rings is 1. The van der Waals surface area contributed by atoms with Crippen molar-refractivity contribution in [3.63, 3.8) is 0 Å². The number of hydrogen-bond acceptors (Lipinski definition) is 7. The lowest BCUT2D eigenvalue weighted by Crippen LogP contribution is -2.33. The highest BCUT2D eigenvalue weighted by molar-refractivity contribution is 5.92. The van der Waals surface area contributed by atoms with Crippen LogP contribution in [0.3, 0.4) is 0 Å². The van der Waals surface area contributed by atoms with Crippen molar-refractivity contribution in [1.82, 2.24) is 19.4 Å². The zero-order valence-electron chi connectivity index (χ0n) is 22.3. The number of carboxylic acids is 1. The SMILES string of the molecule is N#Cc1ccc(COc2cccc(C3=CCN(Cc4nc5ccc(C(=O)O)cc5n4CC4CCO4)CC3)n2)c(F)c1. The second-order valence-electron chi connectivity index (χ2n) is 10.2. The minimum atomic E-state index is -0.959. The van der Waals surface area contributed by atoms with Crippen molar-refractivity contribution in [3.8, 4) is 11.9 Å². The summed E-state index contributed by atoms with van der Waals surface area (Å²) in [5.41, 5.74) is 4.38. The van der Waals surface area contributed by atoms with Crippen LogP contribution in [0.15, 0.2) is 60.7 Å². The fourth-order valence-corrected chi connectivity index (χ4v) is 5.11. The normalized spacial score (nSPS) is 17.1. The van der Waals surface area contributed by atoms with Crippen LogP contribution in [0, 0.1) is 17.1 Å². The summed E-state index contributed by atoms with van der Waals surface area (Å²) in [7, 11) is 0. The summed E-state index contributed by atoms with van der Waals surface area (Å²) in [4.78, 5) is 23.4. The van der Waals surface area contributed by atoms with Gasteiger partial charge in [-0.15, -0.1) is 0 Å². The summed E-state index contributed by atoms with van der Waals surface area (Å²) in [5.74, 6) is -0.147. The first-order chi connectivity index (χ1) is 20.0. The lowest BCUT2D eigenvalue weighted by Gasteiger charge is -2.29. The number of aromatic carboxylic acids is 1. The van der Waals surface area contributed by atoms with E-state index in [1.54, 1.807) is 36.4 Å². The molecule has 0 amide bonds. The zero-order valence-corrected chi connectivity index (χ0v) is 22.3. The van der Waals surface area contributed by atoms with Gasteiger partial charge in [-0.25, -0.2) is 19.2 Å². The second-order valence-corrected chi connectivity index (χ2v) is 10.2. The van der Waals surface area contributed by atoms with E-state index in [9.17, 15) is 14.3 Å². The van der Waals surface area contributed by atoms with E-state index in [1.807, 2.05) is 18.2 Å². The van der Waals surface area contributed by atoms with E-state index >= 15 is 0 Å². The molecule has 0 radical (unpaired) electrons. The van der Waals surface area contributed by atoms with E-state index in [4.69, 9.17) is 19.7 Å². The average Bonchev–Trinajstić information content (AvgIpc) is 3.30. The first-order valence-electron chi connectivity index (χ1n) is 13.5. The molecule has 4 heterocycles. The Hall–Kier alpha value is -4.59. The van der Waals surface area contributed by atoms with Crippen LogP contribution in [-0.2, 0) is 24.4 Å². The van der Waals surface area contributed by atoms with Crippen LogP contribution in [0.1, 0.15) is 45.8 Å². The van der Waals surface area contributed by atoms with E-state index in [0.717, 1.165) is 54.1 Å². The molecule has 0 aliphatic carbocycles. The molecule has 41 heavy (non-hydrogen) atoms. The maximum Gasteiger partial charge on any atom is 0.335 e.